The summed E-state index contributed by atoms with van der Waals surface area (Å²) in [7, 11) is 1.97. The lowest BCUT2D eigenvalue weighted by molar-refractivity contribution is 0.351. The van der Waals surface area contributed by atoms with E-state index in [1.54, 1.807) is 0 Å². The molecule has 1 aromatic rings. The molecular formula is C15H27N3. The summed E-state index contributed by atoms with van der Waals surface area (Å²) in [6.07, 6.45) is 11.9. The van der Waals surface area contributed by atoms with Crippen LogP contribution in [0.5, 0.6) is 0 Å². The molecule has 3 nitrogen and oxygen atoms in total. The van der Waals surface area contributed by atoms with E-state index >= 15 is 0 Å². The molecule has 2 N–H and O–H groups in total. The molecule has 18 heavy (non-hydrogen) atoms. The standard InChI is InChI=1S/C15H27N3/c1-3-5-13-6-4-9-15(16,10-7-13)12-14-8-11-18(2)17-14/h8,11,13H,3-7,9-10,12,16H2,1-2H3. The molecule has 0 amide bonds. The van der Waals surface area contributed by atoms with Gasteiger partial charge in [-0.3, -0.25) is 4.68 Å². The summed E-state index contributed by atoms with van der Waals surface area (Å²) >= 11 is 0. The number of aryl methyl sites for hydroxylation is 1. The van der Waals surface area contributed by atoms with Crippen LogP contribution in [0.15, 0.2) is 12.3 Å². The molecule has 0 spiro atoms. The maximum absolute atomic E-state index is 6.61. The van der Waals surface area contributed by atoms with Gasteiger partial charge in [0.05, 0.1) is 5.69 Å². The van der Waals surface area contributed by atoms with Gasteiger partial charge in [0.25, 0.3) is 0 Å². The molecule has 1 aliphatic rings. The minimum atomic E-state index is -0.0170. The van der Waals surface area contributed by atoms with Crippen molar-refractivity contribution in [3.63, 3.8) is 0 Å². The number of nitrogens with zero attached hydrogens (tertiary/aromatic N) is 2. The van der Waals surface area contributed by atoms with Gasteiger partial charge in [-0.05, 0) is 31.2 Å². The third kappa shape index (κ3) is 3.58. The minimum Gasteiger partial charge on any atom is -0.325 e. The van der Waals surface area contributed by atoms with Crippen molar-refractivity contribution in [2.75, 3.05) is 0 Å². The minimum absolute atomic E-state index is 0.0170. The van der Waals surface area contributed by atoms with Crippen LogP contribution in [0.1, 0.15) is 57.6 Å². The Kier molecular flexibility index (Phi) is 4.44. The van der Waals surface area contributed by atoms with E-state index in [2.05, 4.69) is 18.1 Å². The van der Waals surface area contributed by atoms with Gasteiger partial charge in [0, 0.05) is 25.2 Å². The molecule has 1 heterocycles. The highest BCUT2D eigenvalue weighted by atomic mass is 15.2. The summed E-state index contributed by atoms with van der Waals surface area (Å²) in [5, 5.41) is 4.47. The van der Waals surface area contributed by atoms with Crippen LogP contribution in [0.25, 0.3) is 0 Å². The molecule has 1 aromatic heterocycles. The van der Waals surface area contributed by atoms with E-state index in [0.717, 1.165) is 30.9 Å². The van der Waals surface area contributed by atoms with Gasteiger partial charge in [-0.25, -0.2) is 0 Å². The Bertz CT molecular complexity index is 372. The third-order valence-electron chi connectivity index (χ3n) is 4.34. The predicted octanol–water partition coefficient (Wildman–Crippen LogP) is 3.04. The Balaban J connectivity index is 1.94. The molecule has 1 saturated carbocycles. The molecule has 2 atom stereocenters. The van der Waals surface area contributed by atoms with E-state index in [1.165, 1.54) is 32.1 Å². The Morgan fingerprint density at radius 3 is 2.94 bits per heavy atom. The van der Waals surface area contributed by atoms with E-state index in [0.29, 0.717) is 0 Å². The fourth-order valence-electron chi connectivity index (χ4n) is 3.30. The van der Waals surface area contributed by atoms with Crippen molar-refractivity contribution in [2.24, 2.45) is 18.7 Å². The van der Waals surface area contributed by atoms with Gasteiger partial charge in [-0.1, -0.05) is 32.6 Å². The predicted molar refractivity (Wildman–Crippen MR) is 75.3 cm³/mol. The number of nitrogens with two attached hydrogens (primary N) is 1. The van der Waals surface area contributed by atoms with Gasteiger partial charge < -0.3 is 5.73 Å². The first kappa shape index (κ1) is 13.6. The summed E-state index contributed by atoms with van der Waals surface area (Å²) in [5.41, 5.74) is 7.74. The Morgan fingerprint density at radius 2 is 2.28 bits per heavy atom. The molecule has 0 aromatic carbocycles. The molecule has 0 aliphatic heterocycles. The van der Waals surface area contributed by atoms with Crippen molar-refractivity contribution in [1.82, 2.24) is 9.78 Å². The summed E-state index contributed by atoms with van der Waals surface area (Å²) < 4.78 is 1.87. The lowest BCUT2D eigenvalue weighted by atomic mass is 9.86. The van der Waals surface area contributed by atoms with Crippen molar-refractivity contribution in [2.45, 2.75) is 63.8 Å². The quantitative estimate of drug-likeness (QED) is 0.834. The summed E-state index contributed by atoms with van der Waals surface area (Å²) in [6, 6.07) is 2.10. The summed E-state index contributed by atoms with van der Waals surface area (Å²) in [6.45, 7) is 2.29. The largest absolute Gasteiger partial charge is 0.325 e. The normalized spacial score (nSPS) is 29.2. The maximum Gasteiger partial charge on any atom is 0.0642 e. The molecule has 0 saturated heterocycles. The fourth-order valence-corrected chi connectivity index (χ4v) is 3.30. The molecule has 2 rings (SSSR count). The highest BCUT2D eigenvalue weighted by molar-refractivity contribution is 5.06. The van der Waals surface area contributed by atoms with E-state index < -0.39 is 0 Å². The topological polar surface area (TPSA) is 43.8 Å². The molecule has 1 fully saturated rings. The van der Waals surface area contributed by atoms with Crippen LogP contribution < -0.4 is 5.73 Å². The zero-order valence-electron chi connectivity index (χ0n) is 11.9. The highest BCUT2D eigenvalue weighted by Crippen LogP contribution is 2.32. The second kappa shape index (κ2) is 5.87. The first-order chi connectivity index (χ1) is 8.61. The number of hydrogen-bond acceptors (Lipinski definition) is 2. The molecule has 1 aliphatic carbocycles. The lowest BCUT2D eigenvalue weighted by Gasteiger charge is -2.27. The second-order valence-corrected chi connectivity index (χ2v) is 6.11. The molecular weight excluding hydrogens is 222 g/mol. The Morgan fingerprint density at radius 1 is 1.44 bits per heavy atom. The van der Waals surface area contributed by atoms with Crippen LogP contribution in [0, 0.1) is 5.92 Å². The molecule has 0 radical (unpaired) electrons. The highest BCUT2D eigenvalue weighted by Gasteiger charge is 2.29. The van der Waals surface area contributed by atoms with Gasteiger partial charge in [-0.2, -0.15) is 5.10 Å². The fraction of sp³-hybridized carbons (Fsp3) is 0.800. The van der Waals surface area contributed by atoms with Crippen LogP contribution in [0.4, 0.5) is 0 Å². The van der Waals surface area contributed by atoms with Gasteiger partial charge >= 0.3 is 0 Å². The summed E-state index contributed by atoms with van der Waals surface area (Å²) in [4.78, 5) is 0. The number of hydrogen-bond donors (Lipinski definition) is 1. The first-order valence-electron chi connectivity index (χ1n) is 7.39. The van der Waals surface area contributed by atoms with Crippen molar-refractivity contribution < 1.29 is 0 Å². The molecule has 102 valence electrons. The monoisotopic (exact) mass is 249 g/mol. The van der Waals surface area contributed by atoms with Gasteiger partial charge in [-0.15, -0.1) is 0 Å². The van der Waals surface area contributed by atoms with Crippen LogP contribution in [-0.2, 0) is 13.5 Å². The lowest BCUT2D eigenvalue weighted by Crippen LogP contribution is -2.41. The Hall–Kier alpha value is -0.830. The van der Waals surface area contributed by atoms with Crippen LogP contribution in [-0.4, -0.2) is 15.3 Å². The van der Waals surface area contributed by atoms with Crippen LogP contribution in [0.3, 0.4) is 0 Å². The molecule has 3 heteroatoms. The molecule has 0 bridgehead atoms. The maximum atomic E-state index is 6.61. The van der Waals surface area contributed by atoms with Crippen molar-refractivity contribution in [3.05, 3.63) is 18.0 Å². The smallest absolute Gasteiger partial charge is 0.0642 e. The third-order valence-corrected chi connectivity index (χ3v) is 4.34. The van der Waals surface area contributed by atoms with E-state index in [4.69, 9.17) is 5.73 Å². The Labute approximate surface area is 111 Å². The van der Waals surface area contributed by atoms with Crippen molar-refractivity contribution >= 4 is 0 Å². The SMILES string of the molecule is CCCC1CCCC(N)(Cc2ccn(C)n2)CC1. The number of aromatic nitrogens is 2. The second-order valence-electron chi connectivity index (χ2n) is 6.11. The van der Waals surface area contributed by atoms with Gasteiger partial charge in [0.2, 0.25) is 0 Å². The van der Waals surface area contributed by atoms with Crippen molar-refractivity contribution in [3.8, 4) is 0 Å². The van der Waals surface area contributed by atoms with Crippen molar-refractivity contribution in [1.29, 1.82) is 0 Å². The van der Waals surface area contributed by atoms with Crippen LogP contribution in [0.2, 0.25) is 0 Å². The first-order valence-corrected chi connectivity index (χ1v) is 7.39. The summed E-state index contributed by atoms with van der Waals surface area (Å²) in [5.74, 6) is 0.907. The van der Waals surface area contributed by atoms with Gasteiger partial charge in [0.1, 0.15) is 0 Å². The van der Waals surface area contributed by atoms with E-state index in [-0.39, 0.29) is 5.54 Å². The van der Waals surface area contributed by atoms with E-state index in [9.17, 15) is 0 Å². The zero-order valence-corrected chi connectivity index (χ0v) is 11.9. The van der Waals surface area contributed by atoms with E-state index in [1.807, 2.05) is 17.9 Å². The average Bonchev–Trinajstić information content (AvgIpc) is 2.62. The van der Waals surface area contributed by atoms with Gasteiger partial charge in [0.15, 0.2) is 0 Å². The molecule has 2 unspecified atom stereocenters. The number of rotatable bonds is 4. The average molecular weight is 249 g/mol. The van der Waals surface area contributed by atoms with Crippen LogP contribution >= 0.6 is 0 Å². The zero-order chi connectivity index (χ0) is 13.0.